The Bertz CT molecular complexity index is 1170. The number of carbonyl (C=O) groups is 1. The van der Waals surface area contributed by atoms with Crippen molar-refractivity contribution in [1.82, 2.24) is 0 Å². The fourth-order valence-electron chi connectivity index (χ4n) is 2.73. The first-order valence-electron chi connectivity index (χ1n) is 8.77. The number of hydrogen-bond acceptors (Lipinski definition) is 4. The van der Waals surface area contributed by atoms with Gasteiger partial charge in [-0.25, -0.2) is 12.8 Å². The van der Waals surface area contributed by atoms with Crippen LogP contribution < -0.4 is 14.8 Å². The number of hydrogen-bond donors (Lipinski definition) is 2. The van der Waals surface area contributed by atoms with Crippen molar-refractivity contribution >= 4 is 43.2 Å². The summed E-state index contributed by atoms with van der Waals surface area (Å²) >= 11 is 3.29. The van der Waals surface area contributed by atoms with E-state index in [4.69, 9.17) is 4.74 Å². The van der Waals surface area contributed by atoms with Gasteiger partial charge in [0.05, 0.1) is 13.5 Å². The van der Waals surface area contributed by atoms with Gasteiger partial charge in [0.25, 0.3) is 10.0 Å². The molecule has 0 unspecified atom stereocenters. The predicted molar refractivity (Wildman–Crippen MR) is 117 cm³/mol. The summed E-state index contributed by atoms with van der Waals surface area (Å²) in [5, 5.41) is 2.63. The van der Waals surface area contributed by atoms with E-state index in [9.17, 15) is 17.6 Å². The summed E-state index contributed by atoms with van der Waals surface area (Å²) < 4.78 is 47.5. The lowest BCUT2D eigenvalue weighted by atomic mass is 10.1. The van der Waals surface area contributed by atoms with Crippen LogP contribution in [0.2, 0.25) is 0 Å². The molecule has 0 spiro atoms. The highest BCUT2D eigenvalue weighted by molar-refractivity contribution is 9.10. The molecule has 0 aliphatic rings. The van der Waals surface area contributed by atoms with Crippen molar-refractivity contribution in [1.29, 1.82) is 0 Å². The second-order valence-corrected chi connectivity index (χ2v) is 8.90. The molecule has 0 atom stereocenters. The number of carbonyl (C=O) groups excluding carboxylic acids is 1. The Morgan fingerprint density at radius 2 is 1.73 bits per heavy atom. The fraction of sp³-hybridized carbons (Fsp3) is 0.0952. The molecule has 30 heavy (non-hydrogen) atoms. The van der Waals surface area contributed by atoms with Crippen LogP contribution in [0.1, 0.15) is 5.56 Å². The van der Waals surface area contributed by atoms with Gasteiger partial charge in [-0.2, -0.15) is 0 Å². The Hall–Kier alpha value is -2.91. The van der Waals surface area contributed by atoms with Crippen LogP contribution in [-0.4, -0.2) is 21.4 Å². The number of sulfonamides is 1. The van der Waals surface area contributed by atoms with E-state index < -0.39 is 21.7 Å². The Kier molecular flexibility index (Phi) is 6.73. The van der Waals surface area contributed by atoms with Gasteiger partial charge in [-0.05, 0) is 60.2 Å². The molecule has 0 saturated heterocycles. The van der Waals surface area contributed by atoms with Crippen molar-refractivity contribution in [3.8, 4) is 5.75 Å². The monoisotopic (exact) mass is 492 g/mol. The minimum absolute atomic E-state index is 0.0526. The van der Waals surface area contributed by atoms with Crippen molar-refractivity contribution in [2.75, 3.05) is 17.1 Å². The number of benzene rings is 3. The van der Waals surface area contributed by atoms with E-state index in [-0.39, 0.29) is 22.8 Å². The molecular formula is C21H18BrFN2O4S. The molecule has 0 aromatic heterocycles. The zero-order valence-corrected chi connectivity index (χ0v) is 18.3. The van der Waals surface area contributed by atoms with Gasteiger partial charge in [-0.1, -0.05) is 28.1 Å². The van der Waals surface area contributed by atoms with Crippen LogP contribution in [0.5, 0.6) is 5.75 Å². The van der Waals surface area contributed by atoms with Gasteiger partial charge in [0.15, 0.2) is 0 Å². The smallest absolute Gasteiger partial charge is 0.265 e. The number of amides is 1. The molecule has 0 radical (unpaired) electrons. The van der Waals surface area contributed by atoms with Crippen LogP contribution in [0.25, 0.3) is 0 Å². The average molecular weight is 493 g/mol. The normalized spacial score (nSPS) is 11.0. The van der Waals surface area contributed by atoms with Gasteiger partial charge >= 0.3 is 0 Å². The van der Waals surface area contributed by atoms with E-state index in [0.29, 0.717) is 11.3 Å². The Labute approximate surface area is 182 Å². The van der Waals surface area contributed by atoms with Gasteiger partial charge in [0, 0.05) is 15.8 Å². The quantitative estimate of drug-likeness (QED) is 0.505. The molecule has 0 fully saturated rings. The lowest BCUT2D eigenvalue weighted by Gasteiger charge is -2.14. The molecule has 2 N–H and O–H groups in total. The van der Waals surface area contributed by atoms with Gasteiger partial charge in [0.1, 0.15) is 16.5 Å². The summed E-state index contributed by atoms with van der Waals surface area (Å²) in [6.07, 6.45) is -0.0526. The highest BCUT2D eigenvalue weighted by Gasteiger charge is 2.21. The van der Waals surface area contributed by atoms with Gasteiger partial charge in [-0.3, -0.25) is 9.52 Å². The molecule has 3 rings (SSSR count). The molecule has 3 aromatic carbocycles. The Morgan fingerprint density at radius 3 is 2.40 bits per heavy atom. The Morgan fingerprint density at radius 1 is 1.03 bits per heavy atom. The molecule has 0 bridgehead atoms. The van der Waals surface area contributed by atoms with Crippen molar-refractivity contribution in [3.63, 3.8) is 0 Å². The van der Waals surface area contributed by atoms with E-state index in [2.05, 4.69) is 26.0 Å². The van der Waals surface area contributed by atoms with Crippen molar-refractivity contribution in [2.24, 2.45) is 0 Å². The first kappa shape index (κ1) is 21.8. The fourth-order valence-corrected chi connectivity index (χ4v) is 4.25. The van der Waals surface area contributed by atoms with Crippen molar-refractivity contribution in [2.45, 2.75) is 11.3 Å². The van der Waals surface area contributed by atoms with E-state index in [1.165, 1.54) is 43.5 Å². The van der Waals surface area contributed by atoms with Gasteiger partial charge in [-0.15, -0.1) is 0 Å². The predicted octanol–water partition coefficient (Wildman–Crippen LogP) is 4.58. The molecule has 3 aromatic rings. The summed E-state index contributed by atoms with van der Waals surface area (Å²) in [7, 11) is -2.63. The number of ether oxygens (including phenoxy) is 1. The molecule has 0 saturated carbocycles. The topological polar surface area (TPSA) is 84.5 Å². The molecule has 6 nitrogen and oxygen atoms in total. The summed E-state index contributed by atoms with van der Waals surface area (Å²) in [5.41, 5.74) is 1.15. The zero-order chi connectivity index (χ0) is 21.7. The third-order valence-corrected chi connectivity index (χ3v) is 6.02. The van der Waals surface area contributed by atoms with E-state index in [0.717, 1.165) is 4.47 Å². The molecule has 0 aliphatic carbocycles. The van der Waals surface area contributed by atoms with E-state index in [1.807, 2.05) is 0 Å². The number of halogens is 2. The standard InChI is InChI=1S/C21H18BrFN2O4S/c1-29-19-10-9-18(24-21(26)12-14-3-2-4-16(23)11-14)13-20(19)30(27,28)25-17-7-5-15(22)6-8-17/h2-11,13,25H,12H2,1H3,(H,24,26). The highest BCUT2D eigenvalue weighted by Crippen LogP contribution is 2.29. The van der Waals surface area contributed by atoms with E-state index in [1.54, 1.807) is 30.3 Å². The van der Waals surface area contributed by atoms with Gasteiger partial charge in [0.2, 0.25) is 5.91 Å². The SMILES string of the molecule is COc1ccc(NC(=O)Cc2cccc(F)c2)cc1S(=O)(=O)Nc1ccc(Br)cc1. The van der Waals surface area contributed by atoms with Crippen LogP contribution >= 0.6 is 15.9 Å². The average Bonchev–Trinajstić information content (AvgIpc) is 2.69. The number of methoxy groups -OCH3 is 1. The first-order chi connectivity index (χ1) is 14.3. The lowest BCUT2D eigenvalue weighted by molar-refractivity contribution is -0.115. The maximum atomic E-state index is 13.3. The number of rotatable bonds is 7. The molecule has 0 heterocycles. The molecule has 1 amide bonds. The summed E-state index contributed by atoms with van der Waals surface area (Å²) in [4.78, 5) is 12.2. The van der Waals surface area contributed by atoms with Crippen molar-refractivity contribution < 1.29 is 22.3 Å². The maximum absolute atomic E-state index is 13.3. The highest BCUT2D eigenvalue weighted by atomic mass is 79.9. The molecule has 0 aliphatic heterocycles. The summed E-state index contributed by atoms with van der Waals surface area (Å²) in [6.45, 7) is 0. The summed E-state index contributed by atoms with van der Waals surface area (Å²) in [5.74, 6) is -0.713. The van der Waals surface area contributed by atoms with E-state index >= 15 is 0 Å². The zero-order valence-electron chi connectivity index (χ0n) is 15.9. The Balaban J connectivity index is 1.82. The molecular weight excluding hydrogens is 475 g/mol. The largest absolute Gasteiger partial charge is 0.495 e. The first-order valence-corrected chi connectivity index (χ1v) is 11.1. The van der Waals surface area contributed by atoms with Gasteiger partial charge < -0.3 is 10.1 Å². The lowest BCUT2D eigenvalue weighted by Crippen LogP contribution is -2.17. The second-order valence-electron chi connectivity index (χ2n) is 6.33. The summed E-state index contributed by atoms with van der Waals surface area (Å²) in [6, 6.07) is 16.6. The van der Waals surface area contributed by atoms with Crippen LogP contribution in [0.3, 0.4) is 0 Å². The maximum Gasteiger partial charge on any atom is 0.265 e. The van der Waals surface area contributed by atoms with Crippen LogP contribution in [-0.2, 0) is 21.2 Å². The molecule has 9 heteroatoms. The van der Waals surface area contributed by atoms with Crippen LogP contribution in [0.15, 0.2) is 76.1 Å². The van der Waals surface area contributed by atoms with Crippen LogP contribution in [0.4, 0.5) is 15.8 Å². The minimum atomic E-state index is -3.98. The minimum Gasteiger partial charge on any atom is -0.495 e. The second kappa shape index (κ2) is 9.27. The number of nitrogens with one attached hydrogen (secondary N) is 2. The van der Waals surface area contributed by atoms with Crippen molar-refractivity contribution in [3.05, 3.63) is 82.6 Å². The van der Waals surface area contributed by atoms with Crippen LogP contribution in [0, 0.1) is 5.82 Å². The molecule has 156 valence electrons. The third-order valence-electron chi connectivity index (χ3n) is 4.09. The number of anilines is 2. The third kappa shape index (κ3) is 5.58.